The Morgan fingerprint density at radius 3 is 2.38 bits per heavy atom. The van der Waals surface area contributed by atoms with Gasteiger partial charge in [0.1, 0.15) is 6.07 Å². The van der Waals surface area contributed by atoms with Crippen LogP contribution >= 0.6 is 34.5 Å². The first-order chi connectivity index (χ1) is 7.60. The zero-order valence-electron chi connectivity index (χ0n) is 8.29. The molecule has 1 aromatic heterocycles. The van der Waals surface area contributed by atoms with Crippen LogP contribution in [0.1, 0.15) is 10.7 Å². The van der Waals surface area contributed by atoms with Crippen molar-refractivity contribution >= 4 is 34.5 Å². The SMILES string of the molecule is Cc1nc(C#N)sc1-c1cc(Cl)cc(Cl)c1. The van der Waals surface area contributed by atoms with E-state index in [0.29, 0.717) is 15.1 Å². The third-order valence-corrected chi connectivity index (χ3v) is 3.56. The van der Waals surface area contributed by atoms with Crippen LogP contribution in [-0.4, -0.2) is 4.98 Å². The first-order valence-electron chi connectivity index (χ1n) is 4.44. The van der Waals surface area contributed by atoms with Gasteiger partial charge in [0.15, 0.2) is 5.01 Å². The summed E-state index contributed by atoms with van der Waals surface area (Å²) in [7, 11) is 0. The second-order valence-corrected chi connectivity index (χ2v) is 5.08. The van der Waals surface area contributed by atoms with Gasteiger partial charge in [-0.05, 0) is 30.7 Å². The number of nitriles is 1. The fraction of sp³-hybridized carbons (Fsp3) is 0.0909. The van der Waals surface area contributed by atoms with Gasteiger partial charge in [0.05, 0.1) is 10.6 Å². The number of halogens is 2. The van der Waals surface area contributed by atoms with Crippen LogP contribution in [0.2, 0.25) is 10.0 Å². The molecule has 0 unspecified atom stereocenters. The Morgan fingerprint density at radius 2 is 1.88 bits per heavy atom. The van der Waals surface area contributed by atoms with Crippen LogP contribution < -0.4 is 0 Å². The number of aryl methyl sites for hydroxylation is 1. The summed E-state index contributed by atoms with van der Waals surface area (Å²) >= 11 is 13.2. The van der Waals surface area contributed by atoms with Crippen molar-refractivity contribution in [1.82, 2.24) is 4.98 Å². The number of rotatable bonds is 1. The second-order valence-electron chi connectivity index (χ2n) is 3.20. The number of nitrogens with zero attached hydrogens (tertiary/aromatic N) is 2. The Balaban J connectivity index is 2.58. The van der Waals surface area contributed by atoms with Crippen LogP contribution in [0.5, 0.6) is 0 Å². The molecule has 5 heteroatoms. The van der Waals surface area contributed by atoms with Crippen molar-refractivity contribution in [3.8, 4) is 16.5 Å². The largest absolute Gasteiger partial charge is 0.231 e. The third-order valence-electron chi connectivity index (χ3n) is 2.02. The number of thiazole rings is 1. The maximum Gasteiger partial charge on any atom is 0.195 e. The predicted molar refractivity (Wildman–Crippen MR) is 67.0 cm³/mol. The number of aromatic nitrogens is 1. The molecule has 0 spiro atoms. The summed E-state index contributed by atoms with van der Waals surface area (Å²) in [6.45, 7) is 1.86. The summed E-state index contributed by atoms with van der Waals surface area (Å²) in [5, 5.41) is 10.4. The monoisotopic (exact) mass is 268 g/mol. The lowest BCUT2D eigenvalue weighted by atomic mass is 10.2. The Hall–Kier alpha value is -1.08. The van der Waals surface area contributed by atoms with Gasteiger partial charge in [0, 0.05) is 10.0 Å². The van der Waals surface area contributed by atoms with E-state index in [1.165, 1.54) is 11.3 Å². The van der Waals surface area contributed by atoms with Crippen molar-refractivity contribution in [3.05, 3.63) is 38.9 Å². The zero-order chi connectivity index (χ0) is 11.7. The lowest BCUT2D eigenvalue weighted by Gasteiger charge is -2.00. The van der Waals surface area contributed by atoms with E-state index in [1.54, 1.807) is 6.07 Å². The summed E-state index contributed by atoms with van der Waals surface area (Å²) < 4.78 is 0. The van der Waals surface area contributed by atoms with Crippen molar-refractivity contribution in [1.29, 1.82) is 5.26 Å². The molecule has 2 aromatic rings. The molecule has 1 aromatic carbocycles. The van der Waals surface area contributed by atoms with Crippen LogP contribution in [0.3, 0.4) is 0 Å². The van der Waals surface area contributed by atoms with Gasteiger partial charge in [0.2, 0.25) is 0 Å². The van der Waals surface area contributed by atoms with Crippen LogP contribution in [0, 0.1) is 18.3 Å². The molecule has 2 nitrogen and oxygen atoms in total. The molecule has 0 radical (unpaired) electrons. The van der Waals surface area contributed by atoms with Crippen LogP contribution in [0.25, 0.3) is 10.4 Å². The summed E-state index contributed by atoms with van der Waals surface area (Å²) in [5.41, 5.74) is 1.72. The lowest BCUT2D eigenvalue weighted by Crippen LogP contribution is -1.78. The normalized spacial score (nSPS) is 10.1. The molecule has 0 atom stereocenters. The van der Waals surface area contributed by atoms with Gasteiger partial charge in [-0.2, -0.15) is 5.26 Å². The minimum atomic E-state index is 0.448. The average Bonchev–Trinajstić information content (AvgIpc) is 2.58. The van der Waals surface area contributed by atoms with Gasteiger partial charge >= 0.3 is 0 Å². The smallest absolute Gasteiger partial charge is 0.195 e. The average molecular weight is 269 g/mol. The molecule has 0 saturated heterocycles. The van der Waals surface area contributed by atoms with Crippen molar-refractivity contribution in [3.63, 3.8) is 0 Å². The quantitative estimate of drug-likeness (QED) is 0.774. The number of hydrogen-bond donors (Lipinski definition) is 0. The molecule has 0 aliphatic rings. The Labute approximate surface area is 107 Å². The molecule has 0 aliphatic carbocycles. The molecule has 0 amide bonds. The number of benzene rings is 1. The molecule has 16 heavy (non-hydrogen) atoms. The number of hydrogen-bond acceptors (Lipinski definition) is 3. The Kier molecular flexibility index (Phi) is 3.15. The summed E-state index contributed by atoms with van der Waals surface area (Å²) in [6.07, 6.45) is 0. The van der Waals surface area contributed by atoms with Crippen molar-refractivity contribution in [2.75, 3.05) is 0 Å². The standard InChI is InChI=1S/C11H6Cl2N2S/c1-6-11(16-10(5-14)15-6)7-2-8(12)4-9(13)3-7/h2-4H,1H3. The highest BCUT2D eigenvalue weighted by molar-refractivity contribution is 7.15. The van der Waals surface area contributed by atoms with E-state index in [4.69, 9.17) is 28.5 Å². The van der Waals surface area contributed by atoms with Gasteiger partial charge in [-0.1, -0.05) is 23.2 Å². The first-order valence-corrected chi connectivity index (χ1v) is 6.01. The van der Waals surface area contributed by atoms with Gasteiger partial charge in [-0.15, -0.1) is 11.3 Å². The molecular weight excluding hydrogens is 263 g/mol. The van der Waals surface area contributed by atoms with Crippen molar-refractivity contribution < 1.29 is 0 Å². The lowest BCUT2D eigenvalue weighted by molar-refractivity contribution is 1.24. The predicted octanol–water partition coefficient (Wildman–Crippen LogP) is 4.30. The van der Waals surface area contributed by atoms with Gasteiger partial charge in [-0.3, -0.25) is 0 Å². The maximum atomic E-state index is 8.78. The van der Waals surface area contributed by atoms with E-state index in [9.17, 15) is 0 Å². The maximum absolute atomic E-state index is 8.78. The third kappa shape index (κ3) is 2.19. The van der Waals surface area contributed by atoms with Crippen LogP contribution in [0.15, 0.2) is 18.2 Å². The minimum absolute atomic E-state index is 0.448. The highest BCUT2D eigenvalue weighted by Crippen LogP contribution is 2.33. The molecule has 0 aliphatic heterocycles. The molecular formula is C11H6Cl2N2S. The van der Waals surface area contributed by atoms with E-state index in [0.717, 1.165) is 16.1 Å². The Morgan fingerprint density at radius 1 is 1.25 bits per heavy atom. The van der Waals surface area contributed by atoms with Gasteiger partial charge in [0.25, 0.3) is 0 Å². The van der Waals surface area contributed by atoms with E-state index in [-0.39, 0.29) is 0 Å². The van der Waals surface area contributed by atoms with Crippen LogP contribution in [-0.2, 0) is 0 Å². The summed E-state index contributed by atoms with van der Waals surface area (Å²) in [6, 6.07) is 7.33. The van der Waals surface area contributed by atoms with E-state index < -0.39 is 0 Å². The molecule has 0 saturated carbocycles. The molecule has 0 bridgehead atoms. The molecule has 2 rings (SSSR count). The second kappa shape index (κ2) is 4.42. The van der Waals surface area contributed by atoms with Gasteiger partial charge < -0.3 is 0 Å². The summed E-state index contributed by atoms with van der Waals surface area (Å²) in [4.78, 5) is 5.07. The fourth-order valence-corrected chi connectivity index (χ4v) is 2.77. The molecule has 0 fully saturated rings. The fourth-order valence-electron chi connectivity index (χ4n) is 1.40. The van der Waals surface area contributed by atoms with E-state index in [1.807, 2.05) is 25.1 Å². The highest BCUT2D eigenvalue weighted by atomic mass is 35.5. The Bertz CT molecular complexity index is 564. The van der Waals surface area contributed by atoms with Crippen molar-refractivity contribution in [2.45, 2.75) is 6.92 Å². The van der Waals surface area contributed by atoms with Gasteiger partial charge in [-0.25, -0.2) is 4.98 Å². The van der Waals surface area contributed by atoms with E-state index in [2.05, 4.69) is 4.98 Å². The highest BCUT2D eigenvalue weighted by Gasteiger charge is 2.10. The zero-order valence-corrected chi connectivity index (χ0v) is 10.6. The first kappa shape index (κ1) is 11.4. The minimum Gasteiger partial charge on any atom is -0.231 e. The molecule has 80 valence electrons. The molecule has 0 N–H and O–H groups in total. The summed E-state index contributed by atoms with van der Waals surface area (Å²) in [5.74, 6) is 0. The topological polar surface area (TPSA) is 36.7 Å². The van der Waals surface area contributed by atoms with E-state index >= 15 is 0 Å². The van der Waals surface area contributed by atoms with Crippen molar-refractivity contribution in [2.24, 2.45) is 0 Å². The molecule has 1 heterocycles. The van der Waals surface area contributed by atoms with Crippen LogP contribution in [0.4, 0.5) is 0 Å².